The van der Waals surface area contributed by atoms with E-state index in [0.29, 0.717) is 5.75 Å². The molecule has 9 nitrogen and oxygen atoms in total. The molecule has 0 unspecified atom stereocenters. The molecule has 0 aromatic heterocycles. The molecule has 0 aliphatic carbocycles. The quantitative estimate of drug-likeness (QED) is 0.462. The highest BCUT2D eigenvalue weighted by atomic mass is 32.2. The van der Waals surface area contributed by atoms with Crippen LogP contribution in [0.3, 0.4) is 0 Å². The summed E-state index contributed by atoms with van der Waals surface area (Å²) in [6.45, 7) is 7.04. The molecule has 10 heteroatoms. The van der Waals surface area contributed by atoms with Crippen LogP contribution in [-0.2, 0) is 26.2 Å². The van der Waals surface area contributed by atoms with Gasteiger partial charge < -0.3 is 19.7 Å². The number of aryl methyl sites for hydroxylation is 1. The Balaban J connectivity index is 2.49. The summed E-state index contributed by atoms with van der Waals surface area (Å²) in [6.07, 6.45) is 1.76. The van der Waals surface area contributed by atoms with E-state index in [0.717, 1.165) is 28.1 Å². The third-order valence-corrected chi connectivity index (χ3v) is 7.23. The summed E-state index contributed by atoms with van der Waals surface area (Å²) in [7, 11) is -1.03. The van der Waals surface area contributed by atoms with Gasteiger partial charge >= 0.3 is 0 Å². The molecule has 2 aromatic rings. The number of methoxy groups -OCH3 is 2. The number of ether oxygens (including phenoxy) is 2. The van der Waals surface area contributed by atoms with Gasteiger partial charge in [-0.2, -0.15) is 0 Å². The minimum Gasteiger partial charge on any atom is -0.497 e. The number of rotatable bonds is 12. The Hall–Kier alpha value is -3.27. The Kier molecular flexibility index (Phi) is 10.2. The van der Waals surface area contributed by atoms with Crippen LogP contribution in [0.15, 0.2) is 42.5 Å². The number of carbonyl (C=O) groups excluding carboxylic acids is 2. The molecular formula is C26H37N3O6S. The van der Waals surface area contributed by atoms with Gasteiger partial charge in [-0.3, -0.25) is 13.9 Å². The highest BCUT2D eigenvalue weighted by molar-refractivity contribution is 7.92. The molecule has 0 bridgehead atoms. The normalized spacial score (nSPS) is 12.9. The fourth-order valence-corrected chi connectivity index (χ4v) is 4.45. The van der Waals surface area contributed by atoms with Crippen LogP contribution in [0.5, 0.6) is 11.5 Å². The highest BCUT2D eigenvalue weighted by Gasteiger charge is 2.32. The summed E-state index contributed by atoms with van der Waals surface area (Å²) in [5, 5.41) is 2.91. The van der Waals surface area contributed by atoms with Crippen molar-refractivity contribution in [2.75, 3.05) is 31.3 Å². The maximum atomic E-state index is 13.7. The van der Waals surface area contributed by atoms with E-state index in [1.165, 1.54) is 25.2 Å². The molecule has 0 spiro atoms. The molecule has 0 saturated heterocycles. The largest absolute Gasteiger partial charge is 0.497 e. The van der Waals surface area contributed by atoms with E-state index < -0.39 is 28.5 Å². The molecule has 0 aliphatic heterocycles. The van der Waals surface area contributed by atoms with Gasteiger partial charge in [-0.15, -0.1) is 0 Å². The predicted molar refractivity (Wildman–Crippen MR) is 141 cm³/mol. The van der Waals surface area contributed by atoms with E-state index in [1.54, 1.807) is 19.1 Å². The molecule has 0 aliphatic rings. The molecule has 198 valence electrons. The number of hydrogen-bond donors (Lipinski definition) is 1. The van der Waals surface area contributed by atoms with Crippen molar-refractivity contribution in [3.05, 3.63) is 53.6 Å². The molecule has 0 heterocycles. The van der Waals surface area contributed by atoms with E-state index in [2.05, 4.69) is 5.32 Å². The van der Waals surface area contributed by atoms with Crippen molar-refractivity contribution in [1.82, 2.24) is 10.2 Å². The van der Waals surface area contributed by atoms with Crippen molar-refractivity contribution in [2.24, 2.45) is 0 Å². The van der Waals surface area contributed by atoms with Gasteiger partial charge in [0.2, 0.25) is 21.8 Å². The number of carbonyl (C=O) groups is 2. The van der Waals surface area contributed by atoms with Crippen molar-refractivity contribution in [1.29, 1.82) is 0 Å². The fourth-order valence-electron chi connectivity index (χ4n) is 3.61. The lowest BCUT2D eigenvalue weighted by Gasteiger charge is -2.32. The third kappa shape index (κ3) is 7.36. The van der Waals surface area contributed by atoms with Crippen LogP contribution in [-0.4, -0.2) is 64.2 Å². The molecule has 0 saturated carbocycles. The summed E-state index contributed by atoms with van der Waals surface area (Å²) in [5.74, 6) is -0.163. The van der Waals surface area contributed by atoms with Crippen molar-refractivity contribution in [3.8, 4) is 11.5 Å². The summed E-state index contributed by atoms with van der Waals surface area (Å²) >= 11 is 0. The maximum absolute atomic E-state index is 13.7. The molecule has 0 fully saturated rings. The number of amides is 2. The van der Waals surface area contributed by atoms with E-state index in [-0.39, 0.29) is 29.9 Å². The second-order valence-electron chi connectivity index (χ2n) is 8.75. The number of benzene rings is 2. The van der Waals surface area contributed by atoms with Gasteiger partial charge in [0.05, 0.1) is 26.2 Å². The Labute approximate surface area is 214 Å². The lowest BCUT2D eigenvalue weighted by atomic mass is 10.1. The van der Waals surface area contributed by atoms with E-state index in [9.17, 15) is 18.0 Å². The van der Waals surface area contributed by atoms with Gasteiger partial charge in [-0.1, -0.05) is 31.2 Å². The lowest BCUT2D eigenvalue weighted by Crippen LogP contribution is -2.52. The van der Waals surface area contributed by atoms with Crippen LogP contribution in [0.4, 0.5) is 5.69 Å². The Morgan fingerprint density at radius 3 is 2.28 bits per heavy atom. The van der Waals surface area contributed by atoms with Gasteiger partial charge in [-0.25, -0.2) is 8.42 Å². The summed E-state index contributed by atoms with van der Waals surface area (Å²) < 4.78 is 37.3. The number of nitrogens with zero attached hydrogens (tertiary/aromatic N) is 2. The van der Waals surface area contributed by atoms with Gasteiger partial charge in [0.15, 0.2) is 0 Å². The Morgan fingerprint density at radius 1 is 1.06 bits per heavy atom. The summed E-state index contributed by atoms with van der Waals surface area (Å²) in [4.78, 5) is 28.1. The first-order valence-electron chi connectivity index (χ1n) is 11.8. The minimum absolute atomic E-state index is 0.0658. The smallest absolute Gasteiger partial charge is 0.244 e. The maximum Gasteiger partial charge on any atom is 0.244 e. The van der Waals surface area contributed by atoms with Gasteiger partial charge in [-0.05, 0) is 50.5 Å². The second kappa shape index (κ2) is 12.6. The lowest BCUT2D eigenvalue weighted by molar-refractivity contribution is -0.139. The van der Waals surface area contributed by atoms with Crippen LogP contribution >= 0.6 is 0 Å². The fraction of sp³-hybridized carbons (Fsp3) is 0.462. The van der Waals surface area contributed by atoms with E-state index in [1.807, 2.05) is 45.0 Å². The molecule has 36 heavy (non-hydrogen) atoms. The Bertz CT molecular complexity index is 1170. The molecule has 2 amide bonds. The Morgan fingerprint density at radius 2 is 1.72 bits per heavy atom. The van der Waals surface area contributed by atoms with E-state index >= 15 is 0 Å². The van der Waals surface area contributed by atoms with Gasteiger partial charge in [0, 0.05) is 18.7 Å². The van der Waals surface area contributed by atoms with Crippen molar-refractivity contribution in [2.45, 2.75) is 52.7 Å². The van der Waals surface area contributed by atoms with Crippen LogP contribution in [0.1, 0.15) is 38.3 Å². The van der Waals surface area contributed by atoms with Crippen molar-refractivity contribution >= 4 is 27.5 Å². The second-order valence-corrected chi connectivity index (χ2v) is 10.7. The average molecular weight is 520 g/mol. The number of sulfonamides is 1. The molecule has 2 rings (SSSR count). The molecule has 0 radical (unpaired) electrons. The van der Waals surface area contributed by atoms with Gasteiger partial charge in [0.25, 0.3) is 0 Å². The highest BCUT2D eigenvalue weighted by Crippen LogP contribution is 2.34. The number of anilines is 1. The zero-order valence-corrected chi connectivity index (χ0v) is 22.9. The summed E-state index contributed by atoms with van der Waals surface area (Å²) in [5.41, 5.74) is 1.98. The third-order valence-electron chi connectivity index (χ3n) is 6.10. The molecule has 2 atom stereocenters. The van der Waals surface area contributed by atoms with Crippen LogP contribution in [0, 0.1) is 6.92 Å². The molecule has 2 aromatic carbocycles. The first-order chi connectivity index (χ1) is 16.9. The SMILES string of the molecule is CC[C@H](C)NC(=O)[C@H](C)N(Cc1ccccc1C)C(=O)CN(c1cc(OC)ccc1OC)S(C)(=O)=O. The number of hydrogen-bond acceptors (Lipinski definition) is 6. The molecule has 1 N–H and O–H groups in total. The van der Waals surface area contributed by atoms with Crippen LogP contribution < -0.4 is 19.1 Å². The first kappa shape index (κ1) is 29.0. The number of nitrogens with one attached hydrogen (secondary N) is 1. The predicted octanol–water partition coefficient (Wildman–Crippen LogP) is 3.11. The standard InChI is InChI=1S/C26H37N3O6S/c1-8-19(3)27-26(31)20(4)28(16-21-12-10-9-11-18(21)2)25(30)17-29(36(7,32)33)23-15-22(34-5)13-14-24(23)35-6/h9-15,19-20H,8,16-17H2,1-7H3,(H,27,31)/t19-,20-/m0/s1. The zero-order valence-electron chi connectivity index (χ0n) is 22.1. The van der Waals surface area contributed by atoms with Crippen LogP contribution in [0.25, 0.3) is 0 Å². The van der Waals surface area contributed by atoms with Crippen LogP contribution in [0.2, 0.25) is 0 Å². The summed E-state index contributed by atoms with van der Waals surface area (Å²) in [6, 6.07) is 11.4. The molecular weight excluding hydrogens is 482 g/mol. The zero-order chi connectivity index (χ0) is 27.0. The first-order valence-corrected chi connectivity index (χ1v) is 13.6. The van der Waals surface area contributed by atoms with Gasteiger partial charge in [0.1, 0.15) is 24.1 Å². The van der Waals surface area contributed by atoms with Crippen molar-refractivity contribution < 1.29 is 27.5 Å². The average Bonchev–Trinajstić information content (AvgIpc) is 2.84. The van der Waals surface area contributed by atoms with E-state index in [4.69, 9.17) is 9.47 Å². The topological polar surface area (TPSA) is 105 Å². The minimum atomic E-state index is -3.90. The van der Waals surface area contributed by atoms with Crippen molar-refractivity contribution in [3.63, 3.8) is 0 Å². The monoisotopic (exact) mass is 519 g/mol.